The summed E-state index contributed by atoms with van der Waals surface area (Å²) in [5.74, 6) is 2.32. The first-order valence-electron chi connectivity index (χ1n) is 8.33. The van der Waals surface area contributed by atoms with Crippen LogP contribution in [-0.4, -0.2) is 16.6 Å². The standard InChI is InChI=1S/C19H19ClN4O/c1-12-14-5-3-7-16(9-14)25-11-13-4-2-6-15(8-13)23-19-21-10-17(20)18(22-12)24-19/h2-7,9-10,12-13H,8,11H2,1H3,(H2,21,22,23,24)/t12-,13?/m0/s1. The molecular formula is C19H19ClN4O. The maximum atomic E-state index is 6.27. The van der Waals surface area contributed by atoms with Gasteiger partial charge in [-0.15, -0.1) is 0 Å². The zero-order valence-electron chi connectivity index (χ0n) is 13.9. The number of halogens is 1. The smallest absolute Gasteiger partial charge is 0.228 e. The van der Waals surface area contributed by atoms with Gasteiger partial charge in [-0.2, -0.15) is 4.98 Å². The number of fused-ring (bicyclic) bond motifs is 6. The average Bonchev–Trinajstić information content (AvgIpc) is 2.63. The van der Waals surface area contributed by atoms with E-state index in [1.54, 1.807) is 6.20 Å². The molecule has 0 saturated carbocycles. The predicted molar refractivity (Wildman–Crippen MR) is 100.0 cm³/mol. The first kappa shape index (κ1) is 16.0. The Morgan fingerprint density at radius 3 is 3.16 bits per heavy atom. The molecule has 5 nitrogen and oxygen atoms in total. The monoisotopic (exact) mass is 354 g/mol. The number of hydrogen-bond acceptors (Lipinski definition) is 5. The summed E-state index contributed by atoms with van der Waals surface area (Å²) in [6.07, 6.45) is 8.71. The third-order valence-electron chi connectivity index (χ3n) is 4.35. The van der Waals surface area contributed by atoms with Crippen molar-refractivity contribution in [3.05, 3.63) is 65.0 Å². The van der Waals surface area contributed by atoms with E-state index >= 15 is 0 Å². The summed E-state index contributed by atoms with van der Waals surface area (Å²) >= 11 is 6.27. The van der Waals surface area contributed by atoms with Crippen LogP contribution in [0.4, 0.5) is 11.8 Å². The highest BCUT2D eigenvalue weighted by Gasteiger charge is 2.16. The van der Waals surface area contributed by atoms with E-state index in [-0.39, 0.29) is 6.04 Å². The molecule has 2 aromatic rings. The highest BCUT2D eigenvalue weighted by Crippen LogP contribution is 2.28. The van der Waals surface area contributed by atoms with Crippen LogP contribution in [-0.2, 0) is 0 Å². The summed E-state index contributed by atoms with van der Waals surface area (Å²) in [4.78, 5) is 8.82. The van der Waals surface area contributed by atoms with Gasteiger partial charge in [0.15, 0.2) is 5.82 Å². The molecule has 25 heavy (non-hydrogen) atoms. The highest BCUT2D eigenvalue weighted by molar-refractivity contribution is 6.32. The van der Waals surface area contributed by atoms with E-state index in [1.165, 1.54) is 0 Å². The normalized spacial score (nSPS) is 21.9. The van der Waals surface area contributed by atoms with Gasteiger partial charge in [0.1, 0.15) is 10.8 Å². The van der Waals surface area contributed by atoms with Crippen molar-refractivity contribution in [2.75, 3.05) is 17.2 Å². The van der Waals surface area contributed by atoms with Crippen molar-refractivity contribution in [3.8, 4) is 5.75 Å². The lowest BCUT2D eigenvalue weighted by atomic mass is 9.99. The second-order valence-corrected chi connectivity index (χ2v) is 6.71. The fourth-order valence-corrected chi connectivity index (χ4v) is 3.14. The Labute approximate surface area is 151 Å². The van der Waals surface area contributed by atoms with E-state index in [4.69, 9.17) is 16.3 Å². The summed E-state index contributed by atoms with van der Waals surface area (Å²) in [5, 5.41) is 7.14. The molecule has 0 saturated heterocycles. The zero-order chi connectivity index (χ0) is 17.2. The third-order valence-corrected chi connectivity index (χ3v) is 4.63. The minimum absolute atomic E-state index is 0.0327. The summed E-state index contributed by atoms with van der Waals surface area (Å²) in [5.41, 5.74) is 2.17. The van der Waals surface area contributed by atoms with E-state index < -0.39 is 0 Å². The van der Waals surface area contributed by atoms with E-state index in [0.29, 0.717) is 29.3 Å². The van der Waals surface area contributed by atoms with Crippen molar-refractivity contribution in [2.24, 2.45) is 5.92 Å². The molecule has 1 aliphatic carbocycles. The molecule has 0 spiro atoms. The quantitative estimate of drug-likeness (QED) is 0.725. The van der Waals surface area contributed by atoms with Gasteiger partial charge < -0.3 is 15.4 Å². The molecular weight excluding hydrogens is 336 g/mol. The maximum absolute atomic E-state index is 6.27. The van der Waals surface area contributed by atoms with Crippen LogP contribution < -0.4 is 15.4 Å². The van der Waals surface area contributed by atoms with Crippen LogP contribution in [0.3, 0.4) is 0 Å². The Balaban J connectivity index is 1.73. The first-order valence-corrected chi connectivity index (χ1v) is 8.71. The predicted octanol–water partition coefficient (Wildman–Crippen LogP) is 4.57. The Bertz CT molecular complexity index is 849. The number of anilines is 2. The van der Waals surface area contributed by atoms with Gasteiger partial charge in [-0.3, -0.25) is 0 Å². The summed E-state index contributed by atoms with van der Waals surface area (Å²) < 4.78 is 6.01. The van der Waals surface area contributed by atoms with Crippen molar-refractivity contribution in [2.45, 2.75) is 19.4 Å². The third kappa shape index (κ3) is 3.61. The molecule has 2 N–H and O–H groups in total. The minimum atomic E-state index is 0.0327. The number of aromatic nitrogens is 2. The van der Waals surface area contributed by atoms with Crippen LogP contribution in [0.25, 0.3) is 0 Å². The molecule has 0 radical (unpaired) electrons. The van der Waals surface area contributed by atoms with Crippen molar-refractivity contribution < 1.29 is 4.74 Å². The summed E-state index contributed by atoms with van der Waals surface area (Å²) in [7, 11) is 0. The molecule has 2 atom stereocenters. The minimum Gasteiger partial charge on any atom is -0.493 e. The SMILES string of the molecule is C[C@@H]1Nc2nc(ncc2Cl)NC2=CC=CC(COc3cccc1c3)C2. The van der Waals surface area contributed by atoms with Crippen LogP contribution >= 0.6 is 11.6 Å². The van der Waals surface area contributed by atoms with Gasteiger partial charge in [-0.1, -0.05) is 35.9 Å². The van der Waals surface area contributed by atoms with Gasteiger partial charge in [0, 0.05) is 11.6 Å². The van der Waals surface area contributed by atoms with E-state index in [2.05, 4.69) is 45.7 Å². The fourth-order valence-electron chi connectivity index (χ4n) is 2.99. The average molecular weight is 355 g/mol. The molecule has 0 fully saturated rings. The number of rotatable bonds is 0. The second-order valence-electron chi connectivity index (χ2n) is 6.31. The Hall–Kier alpha value is -2.53. The Morgan fingerprint density at radius 1 is 1.32 bits per heavy atom. The van der Waals surface area contributed by atoms with E-state index in [1.807, 2.05) is 24.3 Å². The van der Waals surface area contributed by atoms with Crippen molar-refractivity contribution >= 4 is 23.4 Å². The lowest BCUT2D eigenvalue weighted by Crippen LogP contribution is -2.17. The van der Waals surface area contributed by atoms with Crippen molar-refractivity contribution in [3.63, 3.8) is 0 Å². The molecule has 6 bridgehead atoms. The van der Waals surface area contributed by atoms with Gasteiger partial charge in [-0.05, 0) is 37.1 Å². The van der Waals surface area contributed by atoms with Crippen LogP contribution in [0.5, 0.6) is 5.75 Å². The molecule has 2 heterocycles. The van der Waals surface area contributed by atoms with Gasteiger partial charge in [0.25, 0.3) is 0 Å². The van der Waals surface area contributed by atoms with Gasteiger partial charge in [0.05, 0.1) is 18.8 Å². The fraction of sp³-hybridized carbons (Fsp3) is 0.263. The maximum Gasteiger partial charge on any atom is 0.228 e. The molecule has 2 aliphatic rings. The molecule has 1 aromatic heterocycles. The van der Waals surface area contributed by atoms with Gasteiger partial charge in [-0.25, -0.2) is 4.98 Å². The number of allylic oxidation sites excluding steroid dienone is 3. The molecule has 6 heteroatoms. The summed E-state index contributed by atoms with van der Waals surface area (Å²) in [6, 6.07) is 8.14. The van der Waals surface area contributed by atoms with E-state index in [0.717, 1.165) is 23.4 Å². The number of ether oxygens (including phenoxy) is 1. The van der Waals surface area contributed by atoms with Crippen molar-refractivity contribution in [1.29, 1.82) is 0 Å². The molecule has 128 valence electrons. The number of benzene rings is 1. The molecule has 1 aromatic carbocycles. The van der Waals surface area contributed by atoms with Gasteiger partial charge in [0.2, 0.25) is 5.95 Å². The first-order chi connectivity index (χ1) is 12.2. The topological polar surface area (TPSA) is 59.1 Å². The zero-order valence-corrected chi connectivity index (χ0v) is 14.6. The lowest BCUT2D eigenvalue weighted by Gasteiger charge is -2.22. The molecule has 4 rings (SSSR count). The summed E-state index contributed by atoms with van der Waals surface area (Å²) in [6.45, 7) is 2.70. The number of nitrogens with zero attached hydrogens (tertiary/aromatic N) is 2. The number of hydrogen-bond donors (Lipinski definition) is 2. The van der Waals surface area contributed by atoms with Crippen molar-refractivity contribution in [1.82, 2.24) is 9.97 Å². The Kier molecular flexibility index (Phi) is 4.32. The van der Waals surface area contributed by atoms with Crippen LogP contribution in [0.15, 0.2) is 54.4 Å². The molecule has 0 amide bonds. The van der Waals surface area contributed by atoms with Gasteiger partial charge >= 0.3 is 0 Å². The highest BCUT2D eigenvalue weighted by atomic mass is 35.5. The van der Waals surface area contributed by atoms with Crippen LogP contribution in [0.1, 0.15) is 24.9 Å². The largest absolute Gasteiger partial charge is 0.493 e. The van der Waals surface area contributed by atoms with E-state index in [9.17, 15) is 0 Å². The Morgan fingerprint density at radius 2 is 2.24 bits per heavy atom. The van der Waals surface area contributed by atoms with Crippen LogP contribution in [0, 0.1) is 5.92 Å². The number of nitrogens with one attached hydrogen (secondary N) is 2. The lowest BCUT2D eigenvalue weighted by molar-refractivity contribution is 0.273. The molecule has 1 aliphatic heterocycles. The van der Waals surface area contributed by atoms with Crippen LogP contribution in [0.2, 0.25) is 5.02 Å². The second kappa shape index (κ2) is 6.76. The molecule has 1 unspecified atom stereocenters.